The van der Waals surface area contributed by atoms with E-state index in [9.17, 15) is 4.79 Å². The third-order valence-electron chi connectivity index (χ3n) is 4.60. The highest BCUT2D eigenvalue weighted by Gasteiger charge is 2.18. The second-order valence-corrected chi connectivity index (χ2v) is 6.72. The number of hydrogen-bond acceptors (Lipinski definition) is 6. The van der Waals surface area contributed by atoms with Gasteiger partial charge in [0, 0.05) is 24.6 Å². The van der Waals surface area contributed by atoms with Crippen LogP contribution in [0.1, 0.15) is 5.56 Å². The number of fused-ring (bicyclic) bond motifs is 1. The fourth-order valence-electron chi connectivity index (χ4n) is 3.13. The number of pyridine rings is 1. The molecular formula is C25H21N3O4. The van der Waals surface area contributed by atoms with Crippen molar-refractivity contribution in [2.45, 2.75) is 0 Å². The molecule has 7 heteroatoms. The van der Waals surface area contributed by atoms with E-state index in [4.69, 9.17) is 14.3 Å². The van der Waals surface area contributed by atoms with Gasteiger partial charge in [-0.15, -0.1) is 0 Å². The number of aromatic nitrogens is 1. The Morgan fingerprint density at radius 3 is 2.44 bits per heavy atom. The second kappa shape index (κ2) is 9.61. The summed E-state index contributed by atoms with van der Waals surface area (Å²) in [5.41, 5.74) is 1.46. The van der Waals surface area contributed by atoms with E-state index in [1.807, 2.05) is 54.6 Å². The number of likely N-dealkylation sites (N-methyl/N-ethyl adjacent to an activating group) is 1. The van der Waals surface area contributed by atoms with Crippen LogP contribution < -0.4 is 14.8 Å². The highest BCUT2D eigenvalue weighted by Crippen LogP contribution is 2.30. The van der Waals surface area contributed by atoms with Crippen molar-refractivity contribution in [3.8, 4) is 23.1 Å². The molecule has 0 aliphatic heterocycles. The Labute approximate surface area is 185 Å². The predicted octanol–water partition coefficient (Wildman–Crippen LogP) is 4.92. The van der Waals surface area contributed by atoms with E-state index in [2.05, 4.69) is 15.5 Å². The largest absolute Gasteiger partial charge is 0.457 e. The van der Waals surface area contributed by atoms with Gasteiger partial charge in [-0.05, 0) is 36.4 Å². The minimum absolute atomic E-state index is 0.110. The summed E-state index contributed by atoms with van der Waals surface area (Å²) in [5, 5.41) is 7.45. The third kappa shape index (κ3) is 4.67. The van der Waals surface area contributed by atoms with Crippen molar-refractivity contribution in [3.63, 3.8) is 0 Å². The van der Waals surface area contributed by atoms with Gasteiger partial charge in [-0.2, -0.15) is 0 Å². The monoisotopic (exact) mass is 427 g/mol. The van der Waals surface area contributed by atoms with E-state index < -0.39 is 0 Å². The van der Waals surface area contributed by atoms with Gasteiger partial charge >= 0.3 is 0 Å². The molecule has 7 nitrogen and oxygen atoms in total. The smallest absolute Gasteiger partial charge is 0.273 e. The standard InChI is InChI=1S/C25H21N3O4/c1-26-25(29)24(28-30-2)20-11-4-6-13-22(20)31-18-9-7-10-19(16-18)32-23-15-14-17-8-3-5-12-21(17)27-23/h3-16H,1-2H3,(H,26,29)/b28-24-. The first-order valence-corrected chi connectivity index (χ1v) is 9.92. The Morgan fingerprint density at radius 1 is 0.875 bits per heavy atom. The van der Waals surface area contributed by atoms with E-state index in [-0.39, 0.29) is 11.6 Å². The van der Waals surface area contributed by atoms with Gasteiger partial charge in [0.15, 0.2) is 5.71 Å². The van der Waals surface area contributed by atoms with Gasteiger partial charge in [-0.25, -0.2) is 4.98 Å². The summed E-state index contributed by atoms with van der Waals surface area (Å²) in [6, 6.07) is 25.9. The van der Waals surface area contributed by atoms with Gasteiger partial charge in [-0.3, -0.25) is 4.79 Å². The van der Waals surface area contributed by atoms with Gasteiger partial charge in [0.2, 0.25) is 5.88 Å². The molecule has 1 amide bonds. The summed E-state index contributed by atoms with van der Waals surface area (Å²) in [4.78, 5) is 21.6. The van der Waals surface area contributed by atoms with Crippen LogP contribution in [0.3, 0.4) is 0 Å². The normalized spacial score (nSPS) is 11.1. The van der Waals surface area contributed by atoms with Crippen LogP contribution in [0.25, 0.3) is 10.9 Å². The second-order valence-electron chi connectivity index (χ2n) is 6.72. The number of rotatable bonds is 7. The molecule has 0 radical (unpaired) electrons. The molecule has 0 aliphatic carbocycles. The maximum Gasteiger partial charge on any atom is 0.273 e. The number of oxime groups is 1. The van der Waals surface area contributed by atoms with Crippen LogP contribution in [0.5, 0.6) is 23.1 Å². The maximum absolute atomic E-state index is 12.3. The van der Waals surface area contributed by atoms with Crippen molar-refractivity contribution in [2.24, 2.45) is 5.16 Å². The first kappa shape index (κ1) is 20.9. The van der Waals surface area contributed by atoms with Crippen LogP contribution in [0.4, 0.5) is 0 Å². The molecule has 0 saturated heterocycles. The van der Waals surface area contributed by atoms with Crippen molar-refractivity contribution in [3.05, 3.63) is 90.5 Å². The van der Waals surface area contributed by atoms with Gasteiger partial charge in [0.1, 0.15) is 24.4 Å². The number of nitrogens with one attached hydrogen (secondary N) is 1. The van der Waals surface area contributed by atoms with Crippen molar-refractivity contribution in [1.29, 1.82) is 0 Å². The lowest BCUT2D eigenvalue weighted by molar-refractivity contribution is -0.114. The summed E-state index contributed by atoms with van der Waals surface area (Å²) in [7, 11) is 2.91. The molecule has 4 rings (SSSR count). The minimum Gasteiger partial charge on any atom is -0.457 e. The van der Waals surface area contributed by atoms with Crippen molar-refractivity contribution < 1.29 is 19.1 Å². The number of amides is 1. The molecule has 160 valence electrons. The number of benzene rings is 3. The Kier molecular flexibility index (Phi) is 6.27. The molecule has 0 saturated carbocycles. The van der Waals surface area contributed by atoms with Crippen LogP contribution in [0, 0.1) is 0 Å². The lowest BCUT2D eigenvalue weighted by Crippen LogP contribution is -2.28. The van der Waals surface area contributed by atoms with Crippen molar-refractivity contribution >= 4 is 22.5 Å². The average molecular weight is 427 g/mol. The molecule has 0 bridgehead atoms. The van der Waals surface area contributed by atoms with E-state index in [0.29, 0.717) is 28.7 Å². The van der Waals surface area contributed by atoms with Gasteiger partial charge < -0.3 is 19.6 Å². The lowest BCUT2D eigenvalue weighted by Gasteiger charge is -2.13. The molecule has 4 aromatic rings. The number of ether oxygens (including phenoxy) is 2. The summed E-state index contributed by atoms with van der Waals surface area (Å²) >= 11 is 0. The summed E-state index contributed by atoms with van der Waals surface area (Å²) in [6.07, 6.45) is 0. The van der Waals surface area contributed by atoms with Gasteiger partial charge in [-0.1, -0.05) is 41.6 Å². The average Bonchev–Trinajstić information content (AvgIpc) is 2.83. The summed E-state index contributed by atoms with van der Waals surface area (Å²) in [5.74, 6) is 1.65. The number of nitrogens with zero attached hydrogens (tertiary/aromatic N) is 2. The molecule has 1 heterocycles. The maximum atomic E-state index is 12.3. The number of carbonyl (C=O) groups excluding carboxylic acids is 1. The molecule has 3 aromatic carbocycles. The number of carbonyl (C=O) groups is 1. The van der Waals surface area contributed by atoms with E-state index in [0.717, 1.165) is 10.9 Å². The Balaban J connectivity index is 1.59. The molecule has 1 aromatic heterocycles. The van der Waals surface area contributed by atoms with Gasteiger partial charge in [0.05, 0.1) is 11.1 Å². The first-order valence-electron chi connectivity index (χ1n) is 9.92. The van der Waals surface area contributed by atoms with Crippen LogP contribution in [0.15, 0.2) is 90.1 Å². The third-order valence-corrected chi connectivity index (χ3v) is 4.60. The molecule has 0 fully saturated rings. The number of hydrogen-bond donors (Lipinski definition) is 1. The molecule has 0 aliphatic rings. The topological polar surface area (TPSA) is 82.0 Å². The van der Waals surface area contributed by atoms with Gasteiger partial charge in [0.25, 0.3) is 5.91 Å². The highest BCUT2D eigenvalue weighted by molar-refractivity contribution is 6.45. The van der Waals surface area contributed by atoms with E-state index >= 15 is 0 Å². The van der Waals surface area contributed by atoms with E-state index in [1.54, 1.807) is 30.3 Å². The fraction of sp³-hybridized carbons (Fsp3) is 0.0800. The molecular weight excluding hydrogens is 406 g/mol. The minimum atomic E-state index is -0.387. The SMILES string of the molecule is CNC(=O)/C(=N\OC)c1ccccc1Oc1cccc(Oc2ccc3ccccc3n2)c1. The lowest BCUT2D eigenvalue weighted by atomic mass is 10.1. The predicted molar refractivity (Wildman–Crippen MR) is 122 cm³/mol. The molecule has 32 heavy (non-hydrogen) atoms. The molecule has 1 N–H and O–H groups in total. The molecule has 0 spiro atoms. The zero-order valence-corrected chi connectivity index (χ0v) is 17.6. The molecule has 0 unspecified atom stereocenters. The van der Waals surface area contributed by atoms with Crippen LogP contribution >= 0.6 is 0 Å². The van der Waals surface area contributed by atoms with Crippen LogP contribution in [0.2, 0.25) is 0 Å². The zero-order chi connectivity index (χ0) is 22.3. The Hall–Kier alpha value is -4.39. The summed E-state index contributed by atoms with van der Waals surface area (Å²) in [6.45, 7) is 0. The first-order chi connectivity index (χ1) is 15.7. The van der Waals surface area contributed by atoms with E-state index in [1.165, 1.54) is 14.2 Å². The fourth-order valence-corrected chi connectivity index (χ4v) is 3.13. The Morgan fingerprint density at radius 2 is 1.62 bits per heavy atom. The summed E-state index contributed by atoms with van der Waals surface area (Å²) < 4.78 is 12.0. The Bertz CT molecular complexity index is 1290. The van der Waals surface area contributed by atoms with Crippen LogP contribution in [-0.4, -0.2) is 30.8 Å². The molecule has 0 atom stereocenters. The zero-order valence-electron chi connectivity index (χ0n) is 17.6. The quantitative estimate of drug-likeness (QED) is 0.335. The number of para-hydroxylation sites is 2. The van der Waals surface area contributed by atoms with Crippen LogP contribution in [-0.2, 0) is 9.63 Å². The van der Waals surface area contributed by atoms with Crippen molar-refractivity contribution in [2.75, 3.05) is 14.2 Å². The van der Waals surface area contributed by atoms with Crippen molar-refractivity contribution in [1.82, 2.24) is 10.3 Å². The highest BCUT2D eigenvalue weighted by atomic mass is 16.6.